The highest BCUT2D eigenvalue weighted by Gasteiger charge is 2.06. The van der Waals surface area contributed by atoms with Gasteiger partial charge in [-0.3, -0.25) is 0 Å². The maximum atomic E-state index is 12.4. The predicted octanol–water partition coefficient (Wildman–Crippen LogP) is 4.50. The van der Waals surface area contributed by atoms with Crippen LogP contribution in [0.4, 0.5) is 8.78 Å². The summed E-state index contributed by atoms with van der Waals surface area (Å²) in [6, 6.07) is 10.6. The standard InChI is InChI=1S/2C10H11FO2.C4H4O4/c2*1-2-7-13-10(12)8-3-5-9(11)6-4-8;5-3(6)1-2-4(7)8/h2*3-6H,2,7H2,1H3;1-2H,(H,5,6)(H,7,8)/b;;2-1-. The fraction of sp³-hybridized carbons (Fsp3) is 0.250. The quantitative estimate of drug-likeness (QED) is 0.418. The molecule has 0 aliphatic heterocycles. The van der Waals surface area contributed by atoms with E-state index < -0.39 is 23.9 Å². The number of carboxylic acid groups (broad SMARTS) is 2. The first kappa shape index (κ1) is 29.9. The van der Waals surface area contributed by atoms with Crippen molar-refractivity contribution in [3.8, 4) is 0 Å². The molecule has 0 unspecified atom stereocenters. The summed E-state index contributed by atoms with van der Waals surface area (Å²) in [5, 5.41) is 15.6. The topological polar surface area (TPSA) is 127 Å². The molecule has 0 fully saturated rings. The van der Waals surface area contributed by atoms with Gasteiger partial charge in [0, 0.05) is 12.2 Å². The van der Waals surface area contributed by atoms with E-state index in [4.69, 9.17) is 19.7 Å². The average Bonchev–Trinajstić information content (AvgIpc) is 2.81. The fourth-order valence-electron chi connectivity index (χ4n) is 1.87. The molecule has 2 aromatic rings. The molecule has 0 saturated carbocycles. The van der Waals surface area contributed by atoms with E-state index in [1.807, 2.05) is 13.8 Å². The minimum atomic E-state index is -1.26. The van der Waals surface area contributed by atoms with Crippen molar-refractivity contribution in [2.75, 3.05) is 13.2 Å². The number of rotatable bonds is 8. The van der Waals surface area contributed by atoms with Gasteiger partial charge < -0.3 is 19.7 Å². The molecule has 0 aromatic heterocycles. The normalized spacial score (nSPS) is 9.65. The Morgan fingerprint density at radius 1 is 0.676 bits per heavy atom. The molecule has 0 saturated heterocycles. The zero-order chi connectivity index (χ0) is 25.9. The largest absolute Gasteiger partial charge is 0.478 e. The van der Waals surface area contributed by atoms with Crippen LogP contribution in [0.5, 0.6) is 0 Å². The number of aliphatic carboxylic acids is 2. The van der Waals surface area contributed by atoms with E-state index in [0.717, 1.165) is 12.8 Å². The molecule has 8 nitrogen and oxygen atoms in total. The molecular formula is C24H26F2O8. The van der Waals surface area contributed by atoms with Gasteiger partial charge >= 0.3 is 23.9 Å². The third-order valence-electron chi connectivity index (χ3n) is 3.40. The Bertz CT molecular complexity index is 861. The highest BCUT2D eigenvalue weighted by Crippen LogP contribution is 2.05. The number of ether oxygens (including phenoxy) is 2. The van der Waals surface area contributed by atoms with Crippen LogP contribution in [0.1, 0.15) is 47.4 Å². The number of carboxylic acids is 2. The van der Waals surface area contributed by atoms with E-state index in [0.29, 0.717) is 36.5 Å². The zero-order valence-electron chi connectivity index (χ0n) is 18.7. The number of carbonyl (C=O) groups is 4. The van der Waals surface area contributed by atoms with Crippen molar-refractivity contribution in [2.24, 2.45) is 0 Å². The molecule has 0 aliphatic rings. The molecule has 0 aliphatic carbocycles. The summed E-state index contributed by atoms with van der Waals surface area (Å²) < 4.78 is 34.6. The van der Waals surface area contributed by atoms with Crippen molar-refractivity contribution in [1.82, 2.24) is 0 Å². The molecule has 0 bridgehead atoms. The van der Waals surface area contributed by atoms with Crippen LogP contribution < -0.4 is 0 Å². The molecule has 184 valence electrons. The predicted molar refractivity (Wildman–Crippen MR) is 118 cm³/mol. The first-order valence-electron chi connectivity index (χ1n) is 10.1. The van der Waals surface area contributed by atoms with E-state index in [1.54, 1.807) is 0 Å². The van der Waals surface area contributed by atoms with E-state index in [2.05, 4.69) is 0 Å². The summed E-state index contributed by atoms with van der Waals surface area (Å²) >= 11 is 0. The molecule has 0 heterocycles. The maximum Gasteiger partial charge on any atom is 0.338 e. The smallest absolute Gasteiger partial charge is 0.338 e. The number of benzene rings is 2. The second kappa shape index (κ2) is 17.5. The lowest BCUT2D eigenvalue weighted by atomic mass is 10.2. The van der Waals surface area contributed by atoms with Gasteiger partial charge in [0.1, 0.15) is 11.6 Å². The lowest BCUT2D eigenvalue weighted by Gasteiger charge is -2.01. The third-order valence-corrected chi connectivity index (χ3v) is 3.40. The monoisotopic (exact) mass is 480 g/mol. The number of esters is 2. The first-order chi connectivity index (χ1) is 16.1. The minimum Gasteiger partial charge on any atom is -0.478 e. The molecule has 2 rings (SSSR count). The van der Waals surface area contributed by atoms with Crippen LogP contribution in [-0.4, -0.2) is 47.3 Å². The van der Waals surface area contributed by atoms with Gasteiger partial charge in [-0.05, 0) is 61.4 Å². The van der Waals surface area contributed by atoms with Crippen molar-refractivity contribution in [1.29, 1.82) is 0 Å². The van der Waals surface area contributed by atoms with E-state index in [-0.39, 0.29) is 11.6 Å². The summed E-state index contributed by atoms with van der Waals surface area (Å²) in [7, 11) is 0. The number of hydrogen-bond donors (Lipinski definition) is 2. The first-order valence-corrected chi connectivity index (χ1v) is 10.1. The summed E-state index contributed by atoms with van der Waals surface area (Å²) in [6.45, 7) is 4.63. The summed E-state index contributed by atoms with van der Waals surface area (Å²) in [5.74, 6) is -4.03. The highest BCUT2D eigenvalue weighted by molar-refractivity contribution is 5.90. The van der Waals surface area contributed by atoms with Gasteiger partial charge in [0.2, 0.25) is 0 Å². The highest BCUT2D eigenvalue weighted by atomic mass is 19.1. The molecule has 10 heteroatoms. The average molecular weight is 480 g/mol. The Balaban J connectivity index is 0.000000497. The van der Waals surface area contributed by atoms with Crippen molar-refractivity contribution < 1.29 is 47.6 Å². The van der Waals surface area contributed by atoms with Crippen LogP contribution in [0.2, 0.25) is 0 Å². The van der Waals surface area contributed by atoms with Gasteiger partial charge in [0.15, 0.2) is 0 Å². The van der Waals surface area contributed by atoms with Crippen LogP contribution in [0.15, 0.2) is 60.7 Å². The third kappa shape index (κ3) is 14.8. The van der Waals surface area contributed by atoms with Crippen LogP contribution >= 0.6 is 0 Å². The van der Waals surface area contributed by atoms with Crippen LogP contribution in [0.3, 0.4) is 0 Å². The molecule has 2 N–H and O–H groups in total. The van der Waals surface area contributed by atoms with Gasteiger partial charge in [-0.2, -0.15) is 0 Å². The molecule has 0 radical (unpaired) electrons. The second-order valence-corrected chi connectivity index (χ2v) is 6.30. The van der Waals surface area contributed by atoms with Crippen molar-refractivity contribution in [3.05, 3.63) is 83.4 Å². The Hall–Kier alpha value is -4.08. The molecule has 0 atom stereocenters. The molecule has 0 spiro atoms. The van der Waals surface area contributed by atoms with Crippen LogP contribution in [0, 0.1) is 11.6 Å². The van der Waals surface area contributed by atoms with Gasteiger partial charge in [-0.1, -0.05) is 13.8 Å². The molecular weight excluding hydrogens is 454 g/mol. The summed E-state index contributed by atoms with van der Waals surface area (Å²) in [6.07, 6.45) is 2.69. The minimum absolute atomic E-state index is 0.355. The lowest BCUT2D eigenvalue weighted by molar-refractivity contribution is -0.134. The van der Waals surface area contributed by atoms with Crippen LogP contribution in [-0.2, 0) is 19.1 Å². The number of hydrogen-bond acceptors (Lipinski definition) is 6. The molecule has 0 amide bonds. The SMILES string of the molecule is CCCOC(=O)c1ccc(F)cc1.CCCOC(=O)c1ccc(F)cc1.O=C(O)/C=C\C(=O)O. The van der Waals surface area contributed by atoms with Gasteiger partial charge in [-0.25, -0.2) is 28.0 Å². The van der Waals surface area contributed by atoms with Crippen molar-refractivity contribution >= 4 is 23.9 Å². The van der Waals surface area contributed by atoms with E-state index in [9.17, 15) is 28.0 Å². The van der Waals surface area contributed by atoms with Gasteiger partial charge in [-0.15, -0.1) is 0 Å². The lowest BCUT2D eigenvalue weighted by Crippen LogP contribution is -2.05. The maximum absolute atomic E-state index is 12.4. The Morgan fingerprint density at radius 3 is 1.21 bits per heavy atom. The number of carbonyl (C=O) groups excluding carboxylic acids is 2. The molecule has 34 heavy (non-hydrogen) atoms. The summed E-state index contributed by atoms with van der Waals surface area (Å²) in [5.41, 5.74) is 0.768. The van der Waals surface area contributed by atoms with Crippen molar-refractivity contribution in [3.63, 3.8) is 0 Å². The van der Waals surface area contributed by atoms with E-state index in [1.165, 1.54) is 48.5 Å². The Morgan fingerprint density at radius 2 is 0.971 bits per heavy atom. The van der Waals surface area contributed by atoms with Gasteiger partial charge in [0.25, 0.3) is 0 Å². The number of halogens is 2. The van der Waals surface area contributed by atoms with Gasteiger partial charge in [0.05, 0.1) is 24.3 Å². The fourth-order valence-corrected chi connectivity index (χ4v) is 1.87. The van der Waals surface area contributed by atoms with Crippen LogP contribution in [0.25, 0.3) is 0 Å². The Labute approximate surface area is 195 Å². The van der Waals surface area contributed by atoms with E-state index >= 15 is 0 Å². The van der Waals surface area contributed by atoms with Crippen molar-refractivity contribution in [2.45, 2.75) is 26.7 Å². The summed E-state index contributed by atoms with van der Waals surface area (Å²) in [4.78, 5) is 41.4. The second-order valence-electron chi connectivity index (χ2n) is 6.30. The Kier molecular flexibility index (Phi) is 15.4. The molecule has 2 aromatic carbocycles. The zero-order valence-corrected chi connectivity index (χ0v) is 18.7.